The van der Waals surface area contributed by atoms with Crippen molar-refractivity contribution in [2.45, 2.75) is 33.1 Å². The molecular weight excluding hydrogens is 390 g/mol. The predicted octanol–water partition coefficient (Wildman–Crippen LogP) is 3.35. The molecule has 3 heterocycles. The van der Waals surface area contributed by atoms with Crippen molar-refractivity contribution in [3.8, 4) is 11.5 Å². The second-order valence-electron chi connectivity index (χ2n) is 7.98. The van der Waals surface area contributed by atoms with Crippen molar-refractivity contribution < 1.29 is 9.59 Å². The number of amides is 2. The molecule has 1 aliphatic rings. The van der Waals surface area contributed by atoms with Crippen LogP contribution in [0.2, 0.25) is 0 Å². The third-order valence-electron chi connectivity index (χ3n) is 5.80. The maximum atomic E-state index is 13.6. The molecule has 3 aromatic rings. The number of carbonyl (C=O) groups excluding carboxylic acids is 2. The van der Waals surface area contributed by atoms with E-state index in [9.17, 15) is 9.59 Å². The zero-order chi connectivity index (χ0) is 21.8. The molecule has 0 aliphatic carbocycles. The van der Waals surface area contributed by atoms with Crippen LogP contribution in [0.1, 0.15) is 42.2 Å². The van der Waals surface area contributed by atoms with Gasteiger partial charge in [0.15, 0.2) is 5.82 Å². The van der Waals surface area contributed by atoms with Crippen molar-refractivity contribution >= 4 is 11.8 Å². The van der Waals surface area contributed by atoms with E-state index in [1.165, 1.54) is 0 Å². The Bertz CT molecular complexity index is 1030. The Kier molecular flexibility index (Phi) is 6.21. The van der Waals surface area contributed by atoms with E-state index in [1.54, 1.807) is 0 Å². The van der Waals surface area contributed by atoms with E-state index in [2.05, 4.69) is 5.32 Å². The first-order valence-electron chi connectivity index (χ1n) is 11.0. The van der Waals surface area contributed by atoms with E-state index in [0.717, 1.165) is 17.9 Å². The lowest BCUT2D eigenvalue weighted by molar-refractivity contribution is -0.126. The molecule has 31 heavy (non-hydrogen) atoms. The van der Waals surface area contributed by atoms with E-state index in [0.29, 0.717) is 43.7 Å². The number of nitrogens with zero attached hydrogens (tertiary/aromatic N) is 4. The summed E-state index contributed by atoms with van der Waals surface area (Å²) in [6, 6.07) is 13.7. The Hall–Kier alpha value is -3.35. The van der Waals surface area contributed by atoms with Crippen LogP contribution in [0.5, 0.6) is 0 Å². The molecule has 0 atom stereocenters. The first kappa shape index (κ1) is 20.9. The highest BCUT2D eigenvalue weighted by molar-refractivity contribution is 5.99. The maximum Gasteiger partial charge on any atom is 0.259 e. The summed E-state index contributed by atoms with van der Waals surface area (Å²) in [5, 5.41) is 7.69. The molecule has 1 N–H and O–H groups in total. The average molecular weight is 420 g/mol. The zero-order valence-electron chi connectivity index (χ0n) is 18.1. The fourth-order valence-corrected chi connectivity index (χ4v) is 4.12. The summed E-state index contributed by atoms with van der Waals surface area (Å²) in [4.78, 5) is 27.7. The molecule has 0 radical (unpaired) electrons. The third-order valence-corrected chi connectivity index (χ3v) is 5.80. The van der Waals surface area contributed by atoms with Gasteiger partial charge in [0.25, 0.3) is 5.91 Å². The topological polar surface area (TPSA) is 72.2 Å². The SMILES string of the molecule is CCCNC(=O)C1CCN(C(=O)c2c(C)nn(-c3ccccc3)c2-n2cccc2)CC1. The van der Waals surface area contributed by atoms with Gasteiger partial charge in [0.05, 0.1) is 11.4 Å². The highest BCUT2D eigenvalue weighted by Gasteiger charge is 2.31. The predicted molar refractivity (Wildman–Crippen MR) is 120 cm³/mol. The number of nitrogens with one attached hydrogen (secondary N) is 1. The number of para-hydroxylation sites is 1. The molecule has 162 valence electrons. The second kappa shape index (κ2) is 9.20. The minimum absolute atomic E-state index is 0.0207. The number of hydrogen-bond acceptors (Lipinski definition) is 3. The van der Waals surface area contributed by atoms with E-state index >= 15 is 0 Å². The Morgan fingerprint density at radius 3 is 2.39 bits per heavy atom. The number of carbonyl (C=O) groups is 2. The molecular formula is C24H29N5O2. The van der Waals surface area contributed by atoms with Gasteiger partial charge >= 0.3 is 0 Å². The van der Waals surface area contributed by atoms with E-state index in [1.807, 2.05) is 82.9 Å². The van der Waals surface area contributed by atoms with Gasteiger partial charge in [0.2, 0.25) is 5.91 Å². The summed E-state index contributed by atoms with van der Waals surface area (Å²) in [5.41, 5.74) is 2.20. The fourth-order valence-electron chi connectivity index (χ4n) is 4.12. The normalized spacial score (nSPS) is 14.6. The second-order valence-corrected chi connectivity index (χ2v) is 7.98. The summed E-state index contributed by atoms with van der Waals surface area (Å²) in [6.45, 7) is 5.77. The molecule has 1 fully saturated rings. The number of aromatic nitrogens is 3. The van der Waals surface area contributed by atoms with Gasteiger partial charge in [0.1, 0.15) is 5.56 Å². The maximum absolute atomic E-state index is 13.6. The first-order chi connectivity index (χ1) is 15.1. The van der Waals surface area contributed by atoms with E-state index < -0.39 is 0 Å². The lowest BCUT2D eigenvalue weighted by Crippen LogP contribution is -2.43. The zero-order valence-corrected chi connectivity index (χ0v) is 18.1. The summed E-state index contributed by atoms with van der Waals surface area (Å²) in [7, 11) is 0. The Morgan fingerprint density at radius 2 is 1.74 bits per heavy atom. The average Bonchev–Trinajstić information content (AvgIpc) is 3.45. The quantitative estimate of drug-likeness (QED) is 0.666. The number of piperidine rings is 1. The standard InChI is InChI=1S/C24H29N5O2/c1-3-13-25-22(30)19-11-16-28(17-12-19)24(31)21-18(2)26-29(20-9-5-4-6-10-20)23(21)27-14-7-8-15-27/h4-10,14-15,19H,3,11-13,16-17H2,1-2H3,(H,25,30). The minimum atomic E-state index is -0.0317. The molecule has 2 aromatic heterocycles. The Labute approximate surface area is 182 Å². The van der Waals surface area contributed by atoms with Crippen LogP contribution in [0.4, 0.5) is 0 Å². The third kappa shape index (κ3) is 4.26. The van der Waals surface area contributed by atoms with Gasteiger partial charge in [-0.1, -0.05) is 25.1 Å². The van der Waals surface area contributed by atoms with Crippen LogP contribution >= 0.6 is 0 Å². The molecule has 0 bridgehead atoms. The van der Waals surface area contributed by atoms with Crippen molar-refractivity contribution in [1.29, 1.82) is 0 Å². The van der Waals surface area contributed by atoms with E-state index in [4.69, 9.17) is 5.10 Å². The smallest absolute Gasteiger partial charge is 0.259 e. The van der Waals surface area contributed by atoms with Crippen LogP contribution < -0.4 is 5.32 Å². The molecule has 4 rings (SSSR count). The van der Waals surface area contributed by atoms with Crippen molar-refractivity contribution in [1.82, 2.24) is 24.6 Å². The van der Waals surface area contributed by atoms with Crippen LogP contribution in [0.3, 0.4) is 0 Å². The van der Waals surface area contributed by atoms with Gasteiger partial charge < -0.3 is 14.8 Å². The Morgan fingerprint density at radius 1 is 1.06 bits per heavy atom. The number of rotatable bonds is 6. The molecule has 0 unspecified atom stereocenters. The van der Waals surface area contributed by atoms with Crippen LogP contribution in [-0.4, -0.2) is 50.7 Å². The van der Waals surface area contributed by atoms with Crippen molar-refractivity contribution in [3.05, 3.63) is 66.1 Å². The minimum Gasteiger partial charge on any atom is -0.356 e. The van der Waals surface area contributed by atoms with Crippen molar-refractivity contribution in [2.24, 2.45) is 5.92 Å². The molecule has 0 spiro atoms. The largest absolute Gasteiger partial charge is 0.356 e. The van der Waals surface area contributed by atoms with Crippen LogP contribution in [0, 0.1) is 12.8 Å². The number of likely N-dealkylation sites (tertiary alicyclic amines) is 1. The summed E-state index contributed by atoms with van der Waals surface area (Å²) in [6.07, 6.45) is 6.15. The van der Waals surface area contributed by atoms with Crippen LogP contribution in [0.15, 0.2) is 54.9 Å². The van der Waals surface area contributed by atoms with Crippen LogP contribution in [-0.2, 0) is 4.79 Å². The number of benzene rings is 1. The molecule has 1 aliphatic heterocycles. The lowest BCUT2D eigenvalue weighted by Gasteiger charge is -2.31. The van der Waals surface area contributed by atoms with Gasteiger partial charge in [-0.05, 0) is 50.5 Å². The highest BCUT2D eigenvalue weighted by atomic mass is 16.2. The fraction of sp³-hybridized carbons (Fsp3) is 0.375. The van der Waals surface area contributed by atoms with Gasteiger partial charge in [-0.25, -0.2) is 4.68 Å². The number of aryl methyl sites for hydroxylation is 1. The summed E-state index contributed by atoms with van der Waals surface area (Å²) >= 11 is 0. The highest BCUT2D eigenvalue weighted by Crippen LogP contribution is 2.26. The summed E-state index contributed by atoms with van der Waals surface area (Å²) < 4.78 is 3.76. The van der Waals surface area contributed by atoms with Gasteiger partial charge in [-0.15, -0.1) is 0 Å². The molecule has 7 heteroatoms. The Balaban J connectivity index is 1.61. The molecule has 2 amide bonds. The van der Waals surface area contributed by atoms with Gasteiger partial charge in [-0.3, -0.25) is 9.59 Å². The first-order valence-corrected chi connectivity index (χ1v) is 11.0. The molecule has 7 nitrogen and oxygen atoms in total. The molecule has 0 saturated carbocycles. The monoisotopic (exact) mass is 419 g/mol. The van der Waals surface area contributed by atoms with Crippen molar-refractivity contribution in [3.63, 3.8) is 0 Å². The lowest BCUT2D eigenvalue weighted by atomic mass is 9.95. The molecule has 1 saturated heterocycles. The molecule has 1 aromatic carbocycles. The summed E-state index contributed by atoms with van der Waals surface area (Å²) in [5.74, 6) is 0.792. The van der Waals surface area contributed by atoms with Crippen molar-refractivity contribution in [2.75, 3.05) is 19.6 Å². The number of hydrogen-bond donors (Lipinski definition) is 1. The van der Waals surface area contributed by atoms with Gasteiger partial charge in [0, 0.05) is 37.9 Å². The van der Waals surface area contributed by atoms with Gasteiger partial charge in [-0.2, -0.15) is 5.10 Å². The van der Waals surface area contributed by atoms with Crippen LogP contribution in [0.25, 0.3) is 11.5 Å². The van der Waals surface area contributed by atoms with E-state index in [-0.39, 0.29) is 17.7 Å².